The number of aliphatic carboxylic acids is 1. The molecule has 1 aromatic carbocycles. The maximum Gasteiger partial charge on any atom is 0.328 e. The first-order valence-electron chi connectivity index (χ1n) is 3.56. The number of halogens is 3. The van der Waals surface area contributed by atoms with Gasteiger partial charge in [0.2, 0.25) is 0 Å². The monoisotopic (exact) mass is 218 g/mol. The Bertz CT molecular complexity index is 402. The number of carboxylic acids is 1. The Hall–Kier alpha value is -1.42. The normalized spacial score (nSPS) is 10.8. The van der Waals surface area contributed by atoms with Gasteiger partial charge in [0.05, 0.1) is 5.02 Å². The largest absolute Gasteiger partial charge is 0.478 e. The van der Waals surface area contributed by atoms with Crippen molar-refractivity contribution in [2.24, 2.45) is 0 Å². The number of carboxylic acid groups (broad SMARTS) is 1. The van der Waals surface area contributed by atoms with E-state index >= 15 is 0 Å². The van der Waals surface area contributed by atoms with Gasteiger partial charge in [-0.2, -0.15) is 0 Å². The van der Waals surface area contributed by atoms with Gasteiger partial charge >= 0.3 is 5.97 Å². The molecule has 1 N–H and O–H groups in total. The third-order valence-electron chi connectivity index (χ3n) is 1.45. The first kappa shape index (κ1) is 10.7. The summed E-state index contributed by atoms with van der Waals surface area (Å²) < 4.78 is 25.8. The van der Waals surface area contributed by atoms with Gasteiger partial charge in [-0.25, -0.2) is 13.6 Å². The molecular weight excluding hydrogens is 214 g/mol. The third kappa shape index (κ3) is 2.53. The van der Waals surface area contributed by atoms with E-state index < -0.39 is 17.6 Å². The number of rotatable bonds is 2. The Morgan fingerprint density at radius 3 is 2.57 bits per heavy atom. The van der Waals surface area contributed by atoms with E-state index in [9.17, 15) is 13.6 Å². The van der Waals surface area contributed by atoms with Gasteiger partial charge in [0.15, 0.2) is 0 Å². The van der Waals surface area contributed by atoms with Crippen molar-refractivity contribution >= 4 is 23.6 Å². The molecule has 0 atom stereocenters. The van der Waals surface area contributed by atoms with Gasteiger partial charge < -0.3 is 5.11 Å². The summed E-state index contributed by atoms with van der Waals surface area (Å²) in [4.78, 5) is 10.1. The molecule has 0 spiro atoms. The van der Waals surface area contributed by atoms with Crippen molar-refractivity contribution in [1.29, 1.82) is 0 Å². The fraction of sp³-hybridized carbons (Fsp3) is 0. The standard InChI is InChI=1S/C9H5ClF2O2/c10-6-4-7(11)5(3-8(6)12)1-2-9(13)14/h1-4H,(H,13,14)/b2-1+. The van der Waals surface area contributed by atoms with Gasteiger partial charge in [0.1, 0.15) is 11.6 Å². The minimum Gasteiger partial charge on any atom is -0.478 e. The van der Waals surface area contributed by atoms with E-state index in [0.717, 1.165) is 18.2 Å². The van der Waals surface area contributed by atoms with E-state index in [0.29, 0.717) is 6.08 Å². The molecule has 1 rings (SSSR count). The highest BCUT2D eigenvalue weighted by molar-refractivity contribution is 6.30. The highest BCUT2D eigenvalue weighted by atomic mass is 35.5. The number of hydrogen-bond acceptors (Lipinski definition) is 1. The van der Waals surface area contributed by atoms with Gasteiger partial charge in [-0.15, -0.1) is 0 Å². The molecule has 0 aliphatic rings. The molecule has 0 bridgehead atoms. The molecular formula is C9H5ClF2O2. The lowest BCUT2D eigenvalue weighted by molar-refractivity contribution is -0.131. The molecule has 0 unspecified atom stereocenters. The van der Waals surface area contributed by atoms with E-state index in [1.165, 1.54) is 0 Å². The number of hydrogen-bond donors (Lipinski definition) is 1. The van der Waals surface area contributed by atoms with Crippen molar-refractivity contribution in [1.82, 2.24) is 0 Å². The number of benzene rings is 1. The summed E-state index contributed by atoms with van der Waals surface area (Å²) in [6.07, 6.45) is 1.67. The smallest absolute Gasteiger partial charge is 0.328 e. The molecule has 0 aliphatic carbocycles. The second kappa shape index (κ2) is 4.19. The van der Waals surface area contributed by atoms with Crippen LogP contribution in [-0.4, -0.2) is 11.1 Å². The molecule has 0 aromatic heterocycles. The lowest BCUT2D eigenvalue weighted by Gasteiger charge is -1.98. The van der Waals surface area contributed by atoms with Crippen LogP contribution < -0.4 is 0 Å². The molecule has 1 aromatic rings. The average molecular weight is 219 g/mol. The zero-order chi connectivity index (χ0) is 10.7. The Kier molecular flexibility index (Phi) is 3.19. The lowest BCUT2D eigenvalue weighted by Crippen LogP contribution is -1.89. The van der Waals surface area contributed by atoms with Crippen LogP contribution >= 0.6 is 11.6 Å². The van der Waals surface area contributed by atoms with Crippen LogP contribution in [0.5, 0.6) is 0 Å². The Labute approximate surface area is 83.4 Å². The van der Waals surface area contributed by atoms with Crippen LogP contribution in [0.1, 0.15) is 5.56 Å². The maximum atomic E-state index is 13.0. The average Bonchev–Trinajstić information content (AvgIpc) is 2.09. The molecule has 0 radical (unpaired) electrons. The minimum absolute atomic E-state index is 0.158. The SMILES string of the molecule is O=C(O)/C=C/c1cc(F)c(Cl)cc1F. The minimum atomic E-state index is -1.24. The van der Waals surface area contributed by atoms with Crippen molar-refractivity contribution in [2.45, 2.75) is 0 Å². The Morgan fingerprint density at radius 2 is 2.00 bits per heavy atom. The van der Waals surface area contributed by atoms with Gasteiger partial charge in [-0.05, 0) is 18.2 Å². The highest BCUT2D eigenvalue weighted by Crippen LogP contribution is 2.20. The van der Waals surface area contributed by atoms with Gasteiger partial charge in [0, 0.05) is 11.6 Å². The predicted molar refractivity (Wildman–Crippen MR) is 48.0 cm³/mol. The van der Waals surface area contributed by atoms with Crippen LogP contribution in [0.4, 0.5) is 8.78 Å². The zero-order valence-electron chi connectivity index (χ0n) is 6.80. The summed E-state index contributed by atoms with van der Waals surface area (Å²) in [5.41, 5.74) is -0.158. The van der Waals surface area contributed by atoms with Crippen molar-refractivity contribution in [3.8, 4) is 0 Å². The van der Waals surface area contributed by atoms with Crippen LogP contribution in [0.2, 0.25) is 5.02 Å². The first-order chi connectivity index (χ1) is 6.50. The molecule has 2 nitrogen and oxygen atoms in total. The summed E-state index contributed by atoms with van der Waals surface area (Å²) in [6, 6.07) is 1.62. The molecule has 0 fully saturated rings. The molecule has 0 amide bonds. The number of carbonyl (C=O) groups is 1. The molecule has 74 valence electrons. The van der Waals surface area contributed by atoms with Crippen LogP contribution in [0, 0.1) is 11.6 Å². The maximum absolute atomic E-state index is 13.0. The van der Waals surface area contributed by atoms with Gasteiger partial charge in [0.25, 0.3) is 0 Å². The summed E-state index contributed by atoms with van der Waals surface area (Å²) in [5, 5.41) is 7.92. The Balaban J connectivity index is 3.10. The third-order valence-corrected chi connectivity index (χ3v) is 1.73. The van der Waals surface area contributed by atoms with Crippen molar-refractivity contribution < 1.29 is 18.7 Å². The van der Waals surface area contributed by atoms with Crippen molar-refractivity contribution in [3.63, 3.8) is 0 Å². The van der Waals surface area contributed by atoms with Crippen LogP contribution in [0.25, 0.3) is 6.08 Å². The van der Waals surface area contributed by atoms with Crippen LogP contribution in [0.15, 0.2) is 18.2 Å². The summed E-state index contributed by atoms with van der Waals surface area (Å²) in [5.74, 6) is -2.80. The van der Waals surface area contributed by atoms with E-state index in [-0.39, 0.29) is 10.6 Å². The van der Waals surface area contributed by atoms with Gasteiger partial charge in [-0.1, -0.05) is 11.6 Å². The summed E-state index contributed by atoms with van der Waals surface area (Å²) in [7, 11) is 0. The van der Waals surface area contributed by atoms with Gasteiger partial charge in [-0.3, -0.25) is 0 Å². The molecule has 0 saturated carbocycles. The van der Waals surface area contributed by atoms with E-state index in [1.807, 2.05) is 0 Å². The van der Waals surface area contributed by atoms with E-state index in [4.69, 9.17) is 16.7 Å². The van der Waals surface area contributed by atoms with E-state index in [2.05, 4.69) is 0 Å². The topological polar surface area (TPSA) is 37.3 Å². The van der Waals surface area contributed by atoms with E-state index in [1.54, 1.807) is 0 Å². The molecule has 0 aliphatic heterocycles. The van der Waals surface area contributed by atoms with Crippen LogP contribution in [-0.2, 0) is 4.79 Å². The molecule has 0 saturated heterocycles. The fourth-order valence-electron chi connectivity index (χ4n) is 0.827. The Morgan fingerprint density at radius 1 is 1.36 bits per heavy atom. The predicted octanol–water partition coefficient (Wildman–Crippen LogP) is 2.72. The fourth-order valence-corrected chi connectivity index (χ4v) is 0.977. The van der Waals surface area contributed by atoms with Crippen molar-refractivity contribution in [3.05, 3.63) is 40.4 Å². The summed E-state index contributed by atoms with van der Waals surface area (Å²) in [6.45, 7) is 0. The molecule has 0 heterocycles. The quantitative estimate of drug-likeness (QED) is 0.612. The highest BCUT2D eigenvalue weighted by Gasteiger charge is 2.06. The lowest BCUT2D eigenvalue weighted by atomic mass is 10.2. The second-order valence-corrected chi connectivity index (χ2v) is 2.87. The first-order valence-corrected chi connectivity index (χ1v) is 3.94. The molecule has 14 heavy (non-hydrogen) atoms. The molecule has 5 heteroatoms. The van der Waals surface area contributed by atoms with Crippen LogP contribution in [0.3, 0.4) is 0 Å². The summed E-state index contributed by atoms with van der Waals surface area (Å²) >= 11 is 5.29. The van der Waals surface area contributed by atoms with Crippen molar-refractivity contribution in [2.75, 3.05) is 0 Å². The second-order valence-electron chi connectivity index (χ2n) is 2.46. The zero-order valence-corrected chi connectivity index (χ0v) is 7.55.